The molecule has 5 rings (SSSR count). The maximum atomic E-state index is 13.3. The summed E-state index contributed by atoms with van der Waals surface area (Å²) in [5.41, 5.74) is 2.05. The van der Waals surface area contributed by atoms with Crippen LogP contribution in [0.2, 0.25) is 0 Å². The van der Waals surface area contributed by atoms with Gasteiger partial charge in [-0.25, -0.2) is 4.79 Å². The van der Waals surface area contributed by atoms with E-state index in [1.165, 1.54) is 0 Å². The number of rotatable bonds is 2. The Morgan fingerprint density at radius 2 is 1.84 bits per heavy atom. The zero-order chi connectivity index (χ0) is 22.7. The molecule has 1 unspecified atom stereocenters. The largest absolute Gasteiger partial charge is 0.444 e. The number of carbonyl (C=O) groups excluding carboxylic acids is 3. The number of amides is 3. The SMILES string of the molecule is CC(C)(C)OC(=O)N1CCN(c2ccc3c(c2)C2(CC2)N(C2CCCNC2=O)C3=O)CC1. The molecule has 0 aromatic heterocycles. The normalized spacial score (nSPS) is 24.5. The molecule has 32 heavy (non-hydrogen) atoms. The van der Waals surface area contributed by atoms with Gasteiger partial charge in [-0.2, -0.15) is 0 Å². The average molecular weight is 441 g/mol. The first kappa shape index (κ1) is 21.1. The smallest absolute Gasteiger partial charge is 0.410 e. The second-order valence-electron chi connectivity index (χ2n) is 10.3. The maximum Gasteiger partial charge on any atom is 0.410 e. The van der Waals surface area contributed by atoms with Crippen molar-refractivity contribution >= 4 is 23.6 Å². The molecular weight excluding hydrogens is 408 g/mol. The van der Waals surface area contributed by atoms with Gasteiger partial charge in [0.05, 0.1) is 5.54 Å². The molecule has 172 valence electrons. The van der Waals surface area contributed by atoms with Crippen molar-refractivity contribution < 1.29 is 19.1 Å². The molecule has 3 amide bonds. The Hall–Kier alpha value is -2.77. The number of nitrogens with zero attached hydrogens (tertiary/aromatic N) is 3. The number of ether oxygens (including phenoxy) is 1. The molecule has 0 bridgehead atoms. The van der Waals surface area contributed by atoms with Crippen LogP contribution in [-0.2, 0) is 15.1 Å². The van der Waals surface area contributed by atoms with Crippen LogP contribution in [0.4, 0.5) is 10.5 Å². The Morgan fingerprint density at radius 3 is 2.47 bits per heavy atom. The molecule has 1 spiro atoms. The van der Waals surface area contributed by atoms with Gasteiger partial charge in [-0.05, 0) is 70.2 Å². The molecule has 2 saturated heterocycles. The van der Waals surface area contributed by atoms with Gasteiger partial charge in [0.1, 0.15) is 11.6 Å². The van der Waals surface area contributed by atoms with Gasteiger partial charge in [0.15, 0.2) is 0 Å². The molecule has 1 aliphatic carbocycles. The van der Waals surface area contributed by atoms with E-state index in [0.717, 1.165) is 42.5 Å². The van der Waals surface area contributed by atoms with Crippen molar-refractivity contribution in [3.8, 4) is 0 Å². The molecule has 8 nitrogen and oxygen atoms in total. The van der Waals surface area contributed by atoms with Gasteiger partial charge < -0.3 is 24.8 Å². The lowest BCUT2D eigenvalue weighted by molar-refractivity contribution is -0.128. The highest BCUT2D eigenvalue weighted by Gasteiger charge is 2.61. The van der Waals surface area contributed by atoms with Crippen LogP contribution in [0.1, 0.15) is 62.4 Å². The number of hydrogen-bond donors (Lipinski definition) is 1. The topological polar surface area (TPSA) is 82.2 Å². The lowest BCUT2D eigenvalue weighted by Gasteiger charge is -2.37. The minimum absolute atomic E-state index is 0.0131. The first-order chi connectivity index (χ1) is 15.2. The van der Waals surface area contributed by atoms with Crippen molar-refractivity contribution in [3.05, 3.63) is 29.3 Å². The zero-order valence-corrected chi connectivity index (χ0v) is 19.1. The van der Waals surface area contributed by atoms with Crippen molar-refractivity contribution in [2.75, 3.05) is 37.6 Å². The zero-order valence-electron chi connectivity index (χ0n) is 19.1. The molecule has 1 saturated carbocycles. The molecule has 0 radical (unpaired) electrons. The molecule has 1 N–H and O–H groups in total. The van der Waals surface area contributed by atoms with Crippen LogP contribution >= 0.6 is 0 Å². The van der Waals surface area contributed by atoms with Crippen molar-refractivity contribution in [1.29, 1.82) is 0 Å². The van der Waals surface area contributed by atoms with Gasteiger partial charge in [-0.3, -0.25) is 9.59 Å². The molecule has 3 fully saturated rings. The second kappa shape index (κ2) is 7.39. The Morgan fingerprint density at radius 1 is 1.12 bits per heavy atom. The molecule has 1 aromatic rings. The van der Waals surface area contributed by atoms with Crippen molar-refractivity contribution in [2.24, 2.45) is 0 Å². The van der Waals surface area contributed by atoms with Gasteiger partial charge in [0, 0.05) is 44.0 Å². The highest BCUT2D eigenvalue weighted by atomic mass is 16.6. The molecule has 8 heteroatoms. The molecule has 1 atom stereocenters. The summed E-state index contributed by atoms with van der Waals surface area (Å²) in [5.74, 6) is -0.0389. The van der Waals surface area contributed by atoms with Crippen molar-refractivity contribution in [2.45, 2.75) is 63.6 Å². The number of piperazine rings is 1. The summed E-state index contributed by atoms with van der Waals surface area (Å²) in [5, 5.41) is 2.93. The minimum Gasteiger partial charge on any atom is -0.444 e. The van der Waals surface area contributed by atoms with Crippen molar-refractivity contribution in [3.63, 3.8) is 0 Å². The van der Waals surface area contributed by atoms with Crippen LogP contribution in [0, 0.1) is 0 Å². The molecule has 4 aliphatic rings. The highest BCUT2D eigenvalue weighted by molar-refractivity contribution is 6.03. The highest BCUT2D eigenvalue weighted by Crippen LogP contribution is 2.58. The van der Waals surface area contributed by atoms with Crippen LogP contribution in [0.3, 0.4) is 0 Å². The molecule has 3 heterocycles. The lowest BCUT2D eigenvalue weighted by Crippen LogP contribution is -2.53. The Labute approximate surface area is 188 Å². The van der Waals surface area contributed by atoms with Gasteiger partial charge in [0.25, 0.3) is 5.91 Å². The fraction of sp³-hybridized carbons (Fsp3) is 0.625. The summed E-state index contributed by atoms with van der Waals surface area (Å²) in [6, 6.07) is 5.70. The van der Waals surface area contributed by atoms with E-state index in [2.05, 4.69) is 16.3 Å². The molecule has 1 aromatic carbocycles. The number of fused-ring (bicyclic) bond motifs is 2. The average Bonchev–Trinajstić information content (AvgIpc) is 3.51. The fourth-order valence-electron chi connectivity index (χ4n) is 5.30. The van der Waals surface area contributed by atoms with E-state index in [0.29, 0.717) is 32.7 Å². The number of hydrogen-bond acceptors (Lipinski definition) is 5. The third-order valence-corrected chi connectivity index (χ3v) is 7.00. The number of anilines is 1. The summed E-state index contributed by atoms with van der Waals surface area (Å²) >= 11 is 0. The summed E-state index contributed by atoms with van der Waals surface area (Å²) in [6.07, 6.45) is 3.18. The summed E-state index contributed by atoms with van der Waals surface area (Å²) in [4.78, 5) is 44.1. The predicted molar refractivity (Wildman–Crippen MR) is 120 cm³/mol. The number of piperidine rings is 1. The van der Waals surface area contributed by atoms with Crippen molar-refractivity contribution in [1.82, 2.24) is 15.1 Å². The van der Waals surface area contributed by atoms with E-state index in [-0.39, 0.29) is 29.5 Å². The first-order valence-electron chi connectivity index (χ1n) is 11.7. The number of benzene rings is 1. The van der Waals surface area contributed by atoms with Crippen LogP contribution in [0.25, 0.3) is 0 Å². The summed E-state index contributed by atoms with van der Waals surface area (Å²) < 4.78 is 5.50. The standard InChI is InChI=1S/C24H32N4O4/c1-23(2,3)32-22(31)27-13-11-26(12-14-27)16-6-7-17-18(15-16)24(8-9-24)28(21(17)30)19-5-4-10-25-20(19)29/h6-7,15,19H,4-5,8-14H2,1-3H3,(H,25,29). The predicted octanol–water partition coefficient (Wildman–Crippen LogP) is 2.47. The lowest BCUT2D eigenvalue weighted by atomic mass is 9.99. The Kier molecular flexibility index (Phi) is 4.87. The van der Waals surface area contributed by atoms with Gasteiger partial charge in [-0.15, -0.1) is 0 Å². The second-order valence-corrected chi connectivity index (χ2v) is 10.3. The maximum absolute atomic E-state index is 13.3. The Bertz CT molecular complexity index is 957. The number of carbonyl (C=O) groups is 3. The Balaban J connectivity index is 1.32. The van der Waals surface area contributed by atoms with E-state index >= 15 is 0 Å². The fourth-order valence-corrected chi connectivity index (χ4v) is 5.30. The van der Waals surface area contributed by atoms with Crippen LogP contribution in [0.5, 0.6) is 0 Å². The van der Waals surface area contributed by atoms with Crippen LogP contribution < -0.4 is 10.2 Å². The van der Waals surface area contributed by atoms with Gasteiger partial charge >= 0.3 is 6.09 Å². The minimum atomic E-state index is -0.500. The van der Waals surface area contributed by atoms with E-state index in [1.54, 1.807) is 4.90 Å². The van der Waals surface area contributed by atoms with E-state index < -0.39 is 5.60 Å². The molecular formula is C24H32N4O4. The van der Waals surface area contributed by atoms with Gasteiger partial charge in [0.2, 0.25) is 5.91 Å². The van der Waals surface area contributed by atoms with Crippen LogP contribution in [-0.4, -0.2) is 72.1 Å². The van der Waals surface area contributed by atoms with E-state index in [4.69, 9.17) is 4.74 Å². The van der Waals surface area contributed by atoms with Gasteiger partial charge in [-0.1, -0.05) is 0 Å². The first-order valence-corrected chi connectivity index (χ1v) is 11.7. The number of nitrogens with one attached hydrogen (secondary N) is 1. The van der Waals surface area contributed by atoms with Crippen LogP contribution in [0.15, 0.2) is 18.2 Å². The third kappa shape index (κ3) is 3.49. The van der Waals surface area contributed by atoms with E-state index in [1.807, 2.05) is 37.8 Å². The van der Waals surface area contributed by atoms with E-state index in [9.17, 15) is 14.4 Å². The monoisotopic (exact) mass is 440 g/mol. The third-order valence-electron chi connectivity index (χ3n) is 7.00. The molecule has 3 aliphatic heterocycles. The summed E-state index contributed by atoms with van der Waals surface area (Å²) in [7, 11) is 0. The summed E-state index contributed by atoms with van der Waals surface area (Å²) in [6.45, 7) is 8.95. The quantitative estimate of drug-likeness (QED) is 0.764.